The molecule has 2 rings (SSSR count). The largest absolute Gasteiger partial charge is 0.494 e. The van der Waals surface area contributed by atoms with E-state index in [9.17, 15) is 0 Å². The molecule has 0 unspecified atom stereocenters. The van der Waals surface area contributed by atoms with E-state index in [1.807, 2.05) is 6.07 Å². The Morgan fingerprint density at radius 3 is 2.94 bits per heavy atom. The van der Waals surface area contributed by atoms with Gasteiger partial charge in [-0.3, -0.25) is 0 Å². The second kappa shape index (κ2) is 6.65. The third-order valence-corrected chi connectivity index (χ3v) is 3.16. The van der Waals surface area contributed by atoms with E-state index in [4.69, 9.17) is 4.74 Å². The highest BCUT2D eigenvalue weighted by Gasteiger charge is 2.19. The van der Waals surface area contributed by atoms with Crippen molar-refractivity contribution in [1.29, 1.82) is 0 Å². The predicted octanol–water partition coefficient (Wildman–Crippen LogP) is 3.16. The molecule has 1 N–H and O–H groups in total. The van der Waals surface area contributed by atoms with Crippen LogP contribution in [0.25, 0.3) is 0 Å². The minimum Gasteiger partial charge on any atom is -0.494 e. The number of hydrogen-bond acceptors (Lipinski definition) is 2. The van der Waals surface area contributed by atoms with E-state index in [0.717, 1.165) is 37.8 Å². The van der Waals surface area contributed by atoms with E-state index >= 15 is 0 Å². The molecule has 0 radical (unpaired) electrons. The molecular formula is C15H23NO. The normalized spacial score (nSPS) is 14.9. The van der Waals surface area contributed by atoms with Crippen LogP contribution in [-0.4, -0.2) is 19.2 Å². The van der Waals surface area contributed by atoms with Crippen molar-refractivity contribution in [2.75, 3.05) is 13.2 Å². The van der Waals surface area contributed by atoms with Crippen LogP contribution in [0.3, 0.4) is 0 Å². The Labute approximate surface area is 104 Å². The fourth-order valence-electron chi connectivity index (χ4n) is 1.87. The van der Waals surface area contributed by atoms with Crippen LogP contribution in [0.4, 0.5) is 0 Å². The van der Waals surface area contributed by atoms with Crippen LogP contribution in [-0.2, 0) is 6.42 Å². The zero-order chi connectivity index (χ0) is 11.9. The van der Waals surface area contributed by atoms with Crippen LogP contribution in [0.15, 0.2) is 24.3 Å². The van der Waals surface area contributed by atoms with Crippen molar-refractivity contribution >= 4 is 0 Å². The monoisotopic (exact) mass is 233 g/mol. The Balaban J connectivity index is 1.56. The highest BCUT2D eigenvalue weighted by Crippen LogP contribution is 2.18. The van der Waals surface area contributed by atoms with Gasteiger partial charge >= 0.3 is 0 Å². The minimum atomic E-state index is 0.831. The van der Waals surface area contributed by atoms with E-state index in [-0.39, 0.29) is 0 Å². The smallest absolute Gasteiger partial charge is 0.119 e. The maximum atomic E-state index is 5.74. The lowest BCUT2D eigenvalue weighted by atomic mass is 10.2. The van der Waals surface area contributed by atoms with Crippen LogP contribution in [0.1, 0.15) is 38.2 Å². The molecule has 2 nitrogen and oxygen atoms in total. The van der Waals surface area contributed by atoms with Gasteiger partial charge in [-0.25, -0.2) is 0 Å². The molecule has 0 spiro atoms. The first kappa shape index (κ1) is 12.4. The molecule has 94 valence electrons. The Hall–Kier alpha value is -1.02. The summed E-state index contributed by atoms with van der Waals surface area (Å²) in [5.74, 6) is 1.01. The lowest BCUT2D eigenvalue weighted by molar-refractivity contribution is 0.305. The first-order chi connectivity index (χ1) is 8.38. The topological polar surface area (TPSA) is 21.3 Å². The van der Waals surface area contributed by atoms with Crippen LogP contribution < -0.4 is 10.1 Å². The number of ether oxygens (including phenoxy) is 1. The zero-order valence-electron chi connectivity index (χ0n) is 10.7. The Kier molecular flexibility index (Phi) is 4.87. The molecule has 0 heterocycles. The van der Waals surface area contributed by atoms with Gasteiger partial charge in [0.1, 0.15) is 5.75 Å². The number of unbranched alkanes of at least 4 members (excludes halogenated alkanes) is 1. The fourth-order valence-corrected chi connectivity index (χ4v) is 1.87. The lowest BCUT2D eigenvalue weighted by Gasteiger charge is -2.07. The van der Waals surface area contributed by atoms with Gasteiger partial charge in [0.05, 0.1) is 6.61 Å². The number of nitrogens with one attached hydrogen (secondary N) is 1. The molecule has 0 bridgehead atoms. The summed E-state index contributed by atoms with van der Waals surface area (Å²) in [4.78, 5) is 0. The SMILES string of the molecule is CCc1cccc(OCCCCNC2CC2)c1. The Morgan fingerprint density at radius 2 is 2.18 bits per heavy atom. The summed E-state index contributed by atoms with van der Waals surface area (Å²) in [7, 11) is 0. The summed E-state index contributed by atoms with van der Waals surface area (Å²) in [5.41, 5.74) is 1.35. The van der Waals surface area contributed by atoms with E-state index in [1.54, 1.807) is 0 Å². The average molecular weight is 233 g/mol. The summed E-state index contributed by atoms with van der Waals surface area (Å²) in [5, 5.41) is 3.52. The molecular weight excluding hydrogens is 210 g/mol. The minimum absolute atomic E-state index is 0.831. The van der Waals surface area contributed by atoms with Gasteiger partial charge in [0, 0.05) is 6.04 Å². The number of benzene rings is 1. The molecule has 17 heavy (non-hydrogen) atoms. The van der Waals surface area contributed by atoms with E-state index in [1.165, 1.54) is 24.8 Å². The van der Waals surface area contributed by atoms with Crippen molar-refractivity contribution in [3.8, 4) is 5.75 Å². The zero-order valence-corrected chi connectivity index (χ0v) is 10.7. The van der Waals surface area contributed by atoms with Crippen LogP contribution in [0.2, 0.25) is 0 Å². The highest BCUT2D eigenvalue weighted by atomic mass is 16.5. The third kappa shape index (κ3) is 4.78. The van der Waals surface area contributed by atoms with Gasteiger partial charge in [-0.15, -0.1) is 0 Å². The molecule has 1 aromatic rings. The van der Waals surface area contributed by atoms with Crippen molar-refractivity contribution < 1.29 is 4.74 Å². The second-order valence-electron chi connectivity index (χ2n) is 4.78. The molecule has 1 aromatic carbocycles. The van der Waals surface area contributed by atoms with Crippen LogP contribution in [0.5, 0.6) is 5.75 Å². The highest BCUT2D eigenvalue weighted by molar-refractivity contribution is 5.28. The fraction of sp³-hybridized carbons (Fsp3) is 0.600. The number of hydrogen-bond donors (Lipinski definition) is 1. The van der Waals surface area contributed by atoms with Gasteiger partial charge in [-0.2, -0.15) is 0 Å². The summed E-state index contributed by atoms with van der Waals surface area (Å²) in [6.45, 7) is 4.14. The maximum absolute atomic E-state index is 5.74. The van der Waals surface area contributed by atoms with E-state index < -0.39 is 0 Å². The first-order valence-corrected chi connectivity index (χ1v) is 6.83. The number of rotatable bonds is 8. The predicted molar refractivity (Wildman–Crippen MR) is 71.6 cm³/mol. The molecule has 0 aliphatic heterocycles. The maximum Gasteiger partial charge on any atom is 0.119 e. The Bertz CT molecular complexity index is 333. The van der Waals surface area contributed by atoms with Crippen molar-refractivity contribution in [2.45, 2.75) is 45.1 Å². The molecule has 1 saturated carbocycles. The van der Waals surface area contributed by atoms with Gasteiger partial charge < -0.3 is 10.1 Å². The third-order valence-electron chi connectivity index (χ3n) is 3.16. The summed E-state index contributed by atoms with van der Waals surface area (Å²) >= 11 is 0. The standard InChI is InChI=1S/C15H23NO/c1-2-13-6-5-7-15(12-13)17-11-4-3-10-16-14-8-9-14/h5-7,12,14,16H,2-4,8-11H2,1H3. The van der Waals surface area contributed by atoms with Gasteiger partial charge in [-0.1, -0.05) is 19.1 Å². The lowest BCUT2D eigenvalue weighted by Crippen LogP contribution is -2.17. The molecule has 2 heteroatoms. The quantitative estimate of drug-likeness (QED) is 0.696. The molecule has 0 saturated heterocycles. The average Bonchev–Trinajstić information content (AvgIpc) is 3.18. The van der Waals surface area contributed by atoms with Gasteiger partial charge in [0.2, 0.25) is 0 Å². The summed E-state index contributed by atoms with van der Waals surface area (Å²) in [6, 6.07) is 9.23. The molecule has 1 aliphatic carbocycles. The summed E-state index contributed by atoms with van der Waals surface area (Å²) < 4.78 is 5.74. The number of aryl methyl sites for hydroxylation is 1. The van der Waals surface area contributed by atoms with Gasteiger partial charge in [-0.05, 0) is 56.3 Å². The van der Waals surface area contributed by atoms with Crippen LogP contribution >= 0.6 is 0 Å². The summed E-state index contributed by atoms with van der Waals surface area (Å²) in [6.07, 6.45) is 6.17. The molecule has 0 amide bonds. The van der Waals surface area contributed by atoms with Gasteiger partial charge in [0.25, 0.3) is 0 Å². The van der Waals surface area contributed by atoms with E-state index in [0.29, 0.717) is 0 Å². The first-order valence-electron chi connectivity index (χ1n) is 6.83. The second-order valence-corrected chi connectivity index (χ2v) is 4.78. The molecule has 0 aromatic heterocycles. The van der Waals surface area contributed by atoms with Crippen molar-refractivity contribution in [3.63, 3.8) is 0 Å². The van der Waals surface area contributed by atoms with Crippen molar-refractivity contribution in [2.24, 2.45) is 0 Å². The van der Waals surface area contributed by atoms with E-state index in [2.05, 4.69) is 30.4 Å². The van der Waals surface area contributed by atoms with Crippen molar-refractivity contribution in [3.05, 3.63) is 29.8 Å². The van der Waals surface area contributed by atoms with Gasteiger partial charge in [0.15, 0.2) is 0 Å². The van der Waals surface area contributed by atoms with Crippen molar-refractivity contribution in [1.82, 2.24) is 5.32 Å². The molecule has 0 atom stereocenters. The Morgan fingerprint density at radius 1 is 1.29 bits per heavy atom. The van der Waals surface area contributed by atoms with Crippen LogP contribution in [0, 0.1) is 0 Å². The molecule has 1 aliphatic rings. The molecule has 1 fully saturated rings.